The molecule has 0 radical (unpaired) electrons. The largest absolute Gasteiger partial charge is 0.490 e. The van der Waals surface area contributed by atoms with Gasteiger partial charge in [-0.05, 0) is 45.7 Å². The van der Waals surface area contributed by atoms with Crippen LogP contribution >= 0.6 is 11.3 Å². The zero-order valence-corrected chi connectivity index (χ0v) is 20.7. The van der Waals surface area contributed by atoms with E-state index in [1.807, 2.05) is 6.07 Å². The molecule has 4 aromatic rings. The fourth-order valence-corrected chi connectivity index (χ4v) is 5.77. The number of hydrogen-bond donors (Lipinski definition) is 0. The highest BCUT2D eigenvalue weighted by atomic mass is 32.1. The van der Waals surface area contributed by atoms with Crippen molar-refractivity contribution in [2.45, 2.75) is 51.2 Å². The van der Waals surface area contributed by atoms with Crippen LogP contribution in [0.2, 0.25) is 0 Å². The Morgan fingerprint density at radius 1 is 0.912 bits per heavy atom. The molecule has 0 amide bonds. The first-order valence-corrected chi connectivity index (χ1v) is 12.6. The molecule has 34 heavy (non-hydrogen) atoms. The van der Waals surface area contributed by atoms with Gasteiger partial charge in [0.1, 0.15) is 5.82 Å². The number of allylic oxidation sites excluding steroid dienone is 4. The molecule has 2 aromatic heterocycles. The fourth-order valence-electron chi connectivity index (χ4n) is 4.62. The lowest BCUT2D eigenvalue weighted by Gasteiger charge is -2.32. The van der Waals surface area contributed by atoms with Crippen LogP contribution < -0.4 is 0 Å². The molecule has 1 fully saturated rings. The quantitative estimate of drug-likeness (QED) is 0.302. The number of rotatable bonds is 3. The van der Waals surface area contributed by atoms with Crippen LogP contribution in [0.3, 0.4) is 0 Å². The van der Waals surface area contributed by atoms with Gasteiger partial charge >= 0.3 is 7.12 Å². The van der Waals surface area contributed by atoms with Crippen molar-refractivity contribution in [2.24, 2.45) is 0 Å². The van der Waals surface area contributed by atoms with E-state index in [-0.39, 0.29) is 24.2 Å². The molecule has 1 atom stereocenters. The van der Waals surface area contributed by atoms with Gasteiger partial charge in [0.2, 0.25) is 0 Å². The molecule has 1 aliphatic heterocycles. The average Bonchev–Trinajstić information content (AvgIpc) is 3.32. The Balaban J connectivity index is 1.43. The van der Waals surface area contributed by atoms with Crippen molar-refractivity contribution in [2.75, 3.05) is 0 Å². The standard InChI is InChI=1S/C28H27BN2O2S/c1-27(2)28(3,4)33-29(32-27)20-14-10-13-19(17-20)26-30-23(18-11-6-5-7-12-18)25-24(31-26)21-15-8-9-16-22(21)34-25/h5-16,19H,17H2,1-4H3. The van der Waals surface area contributed by atoms with Crippen LogP contribution in [0.1, 0.15) is 45.9 Å². The maximum Gasteiger partial charge on any atom is 0.490 e. The highest BCUT2D eigenvalue weighted by molar-refractivity contribution is 7.26. The monoisotopic (exact) mass is 466 g/mol. The van der Waals surface area contributed by atoms with Crippen molar-refractivity contribution in [1.29, 1.82) is 0 Å². The zero-order valence-electron chi connectivity index (χ0n) is 19.9. The van der Waals surface area contributed by atoms with Crippen LogP contribution in [-0.2, 0) is 9.31 Å². The van der Waals surface area contributed by atoms with Crippen molar-refractivity contribution in [3.8, 4) is 11.3 Å². The third kappa shape index (κ3) is 3.52. The topological polar surface area (TPSA) is 44.2 Å². The van der Waals surface area contributed by atoms with Gasteiger partial charge in [0.05, 0.1) is 27.1 Å². The van der Waals surface area contributed by atoms with E-state index in [1.165, 1.54) is 10.1 Å². The Hall–Kier alpha value is -2.80. The molecular formula is C28H27BN2O2S. The Morgan fingerprint density at radius 2 is 1.62 bits per heavy atom. The number of hydrogen-bond acceptors (Lipinski definition) is 5. The molecule has 2 aromatic carbocycles. The maximum atomic E-state index is 6.33. The lowest BCUT2D eigenvalue weighted by atomic mass is 9.71. The molecule has 2 aliphatic rings. The molecule has 170 valence electrons. The molecule has 1 unspecified atom stereocenters. The highest BCUT2D eigenvalue weighted by Crippen LogP contribution is 2.43. The second kappa shape index (κ2) is 7.87. The molecule has 0 saturated carbocycles. The van der Waals surface area contributed by atoms with Crippen molar-refractivity contribution in [3.63, 3.8) is 0 Å². The van der Waals surface area contributed by atoms with E-state index in [9.17, 15) is 0 Å². The van der Waals surface area contributed by atoms with Gasteiger partial charge in [-0.25, -0.2) is 9.97 Å². The molecule has 0 spiro atoms. The number of fused-ring (bicyclic) bond motifs is 3. The maximum absolute atomic E-state index is 6.33. The van der Waals surface area contributed by atoms with Gasteiger partial charge in [-0.1, -0.05) is 66.8 Å². The van der Waals surface area contributed by atoms with E-state index in [0.717, 1.165) is 39.2 Å². The summed E-state index contributed by atoms with van der Waals surface area (Å²) in [4.78, 5) is 10.3. The van der Waals surface area contributed by atoms with Gasteiger partial charge in [-0.2, -0.15) is 0 Å². The zero-order chi connectivity index (χ0) is 23.5. The first-order valence-electron chi connectivity index (χ1n) is 11.8. The van der Waals surface area contributed by atoms with Crippen LogP contribution in [0.5, 0.6) is 0 Å². The molecule has 1 aliphatic carbocycles. The Bertz CT molecular complexity index is 1440. The predicted octanol–water partition coefficient (Wildman–Crippen LogP) is 7.11. The van der Waals surface area contributed by atoms with E-state index >= 15 is 0 Å². The normalized spacial score (nSPS) is 21.4. The highest BCUT2D eigenvalue weighted by Gasteiger charge is 2.52. The summed E-state index contributed by atoms with van der Waals surface area (Å²) in [5.41, 5.74) is 3.56. The predicted molar refractivity (Wildman–Crippen MR) is 141 cm³/mol. The van der Waals surface area contributed by atoms with E-state index in [1.54, 1.807) is 11.3 Å². The summed E-state index contributed by atoms with van der Waals surface area (Å²) >= 11 is 1.76. The molecule has 0 N–H and O–H groups in total. The van der Waals surface area contributed by atoms with Gasteiger partial charge in [0.15, 0.2) is 0 Å². The first-order chi connectivity index (χ1) is 16.3. The van der Waals surface area contributed by atoms with Crippen LogP contribution in [0.25, 0.3) is 31.6 Å². The van der Waals surface area contributed by atoms with Gasteiger partial charge in [-0.3, -0.25) is 0 Å². The second-order valence-corrected chi connectivity index (χ2v) is 11.1. The Kier molecular flexibility index (Phi) is 5.03. The van der Waals surface area contributed by atoms with Crippen LogP contribution in [0, 0.1) is 0 Å². The third-order valence-corrected chi connectivity index (χ3v) is 8.45. The van der Waals surface area contributed by atoms with Crippen molar-refractivity contribution >= 4 is 38.8 Å². The summed E-state index contributed by atoms with van der Waals surface area (Å²) in [5.74, 6) is 0.901. The Labute approximate surface area is 204 Å². The summed E-state index contributed by atoms with van der Waals surface area (Å²) in [6.45, 7) is 8.37. The number of benzene rings is 2. The fraction of sp³-hybridized carbons (Fsp3) is 0.286. The number of aromatic nitrogens is 2. The number of thiophene rings is 1. The van der Waals surface area contributed by atoms with Gasteiger partial charge in [0.25, 0.3) is 0 Å². The van der Waals surface area contributed by atoms with E-state index < -0.39 is 0 Å². The second-order valence-electron chi connectivity index (χ2n) is 10.1. The van der Waals surface area contributed by atoms with Crippen molar-refractivity contribution in [1.82, 2.24) is 9.97 Å². The first kappa shape index (κ1) is 21.7. The van der Waals surface area contributed by atoms with Crippen molar-refractivity contribution < 1.29 is 9.31 Å². The van der Waals surface area contributed by atoms with E-state index in [4.69, 9.17) is 19.3 Å². The lowest BCUT2D eigenvalue weighted by Crippen LogP contribution is -2.41. The minimum atomic E-state index is -0.360. The number of nitrogens with zero attached hydrogens (tertiary/aromatic N) is 2. The minimum Gasteiger partial charge on any atom is -0.400 e. The van der Waals surface area contributed by atoms with Crippen LogP contribution in [0.15, 0.2) is 78.3 Å². The summed E-state index contributed by atoms with van der Waals surface area (Å²) in [6, 6.07) is 18.9. The summed E-state index contributed by atoms with van der Waals surface area (Å²) in [7, 11) is -0.350. The summed E-state index contributed by atoms with van der Waals surface area (Å²) in [5, 5.41) is 1.19. The van der Waals surface area contributed by atoms with Crippen LogP contribution in [0.4, 0.5) is 0 Å². The molecule has 1 saturated heterocycles. The Morgan fingerprint density at radius 3 is 2.38 bits per heavy atom. The molecule has 0 bridgehead atoms. The lowest BCUT2D eigenvalue weighted by molar-refractivity contribution is 0.00578. The average molecular weight is 466 g/mol. The van der Waals surface area contributed by atoms with Crippen molar-refractivity contribution in [3.05, 3.63) is 84.1 Å². The molecule has 6 heteroatoms. The van der Waals surface area contributed by atoms with Gasteiger partial charge in [0, 0.05) is 21.6 Å². The van der Waals surface area contributed by atoms with Crippen LogP contribution in [-0.4, -0.2) is 28.3 Å². The van der Waals surface area contributed by atoms with Gasteiger partial charge in [-0.15, -0.1) is 11.3 Å². The van der Waals surface area contributed by atoms with Gasteiger partial charge < -0.3 is 9.31 Å². The molecule has 4 nitrogen and oxygen atoms in total. The summed E-state index contributed by atoms with van der Waals surface area (Å²) in [6.07, 6.45) is 7.18. The molecule has 3 heterocycles. The van der Waals surface area contributed by atoms with E-state index in [0.29, 0.717) is 0 Å². The third-order valence-electron chi connectivity index (χ3n) is 7.28. The minimum absolute atomic E-state index is 0.0598. The smallest absolute Gasteiger partial charge is 0.400 e. The SMILES string of the molecule is CC1(C)OB(C2=CC=CC(c3nc(-c4ccccc4)c4sc5ccccc5c4n3)C2)OC1(C)C. The van der Waals surface area contributed by atoms with E-state index in [2.05, 4.69) is 94.5 Å². The summed E-state index contributed by atoms with van der Waals surface area (Å²) < 4.78 is 15.0. The molecular weight excluding hydrogens is 439 g/mol. The molecule has 6 rings (SSSR count).